The molecule has 1 atom stereocenters. The van der Waals surface area contributed by atoms with Crippen LogP contribution < -0.4 is 5.32 Å². The third kappa shape index (κ3) is 4.46. The van der Waals surface area contributed by atoms with Crippen LogP contribution in [0.4, 0.5) is 5.82 Å². The van der Waals surface area contributed by atoms with E-state index in [1.807, 2.05) is 54.1 Å². The largest absolute Gasteiger partial charge is 0.390 e. The molecule has 0 radical (unpaired) electrons. The lowest BCUT2D eigenvalue weighted by Crippen LogP contribution is -2.11. The topological polar surface area (TPSA) is 88.8 Å². The zero-order valence-electron chi connectivity index (χ0n) is 17.9. The van der Waals surface area contributed by atoms with Crippen LogP contribution in [0.15, 0.2) is 61.1 Å². The second kappa shape index (κ2) is 9.06. The molecule has 0 saturated carbocycles. The Morgan fingerprint density at radius 1 is 1.06 bits per heavy atom. The van der Waals surface area contributed by atoms with Crippen molar-refractivity contribution in [2.75, 3.05) is 5.32 Å². The van der Waals surface area contributed by atoms with Crippen molar-refractivity contribution in [2.24, 2.45) is 0 Å². The number of aryl methyl sites for hydroxylation is 2. The Kier molecular flexibility index (Phi) is 6.04. The van der Waals surface area contributed by atoms with Gasteiger partial charge in [0.15, 0.2) is 5.82 Å². The first-order valence-electron chi connectivity index (χ1n) is 10.4. The lowest BCUT2D eigenvalue weighted by molar-refractivity contribution is 0.276. The third-order valence-corrected chi connectivity index (χ3v) is 5.26. The average molecular weight is 415 g/mol. The molecule has 4 rings (SSSR count). The number of nitrogens with one attached hydrogen (secondary N) is 1. The number of aliphatic hydroxyl groups is 1. The van der Waals surface area contributed by atoms with Crippen LogP contribution >= 0.6 is 0 Å². The van der Waals surface area contributed by atoms with E-state index in [1.54, 1.807) is 6.33 Å². The Hall–Kier alpha value is -3.58. The van der Waals surface area contributed by atoms with Crippen molar-refractivity contribution >= 4 is 5.82 Å². The van der Waals surface area contributed by atoms with Crippen LogP contribution in [-0.4, -0.2) is 29.8 Å². The van der Waals surface area contributed by atoms with E-state index in [9.17, 15) is 5.11 Å². The van der Waals surface area contributed by atoms with E-state index in [4.69, 9.17) is 0 Å². The lowest BCUT2D eigenvalue weighted by Gasteiger charge is -2.17. The fourth-order valence-corrected chi connectivity index (χ4v) is 3.52. The maximum atomic E-state index is 9.87. The van der Waals surface area contributed by atoms with Crippen molar-refractivity contribution in [1.29, 1.82) is 0 Å². The highest BCUT2D eigenvalue weighted by Crippen LogP contribution is 2.25. The standard InChI is InChI=1S/C24H26N6O/c1-4-18-12-21(28-29-24(18)26-17(3)19-8-6-5-7-9-19)20-10-11-23(22(14-31)27-20)30-13-16(2)25-15-30/h5-13,15,17,31H,4,14H2,1-3H3,(H,26,29)/t17-/m1/s1. The molecule has 0 aliphatic heterocycles. The van der Waals surface area contributed by atoms with Crippen molar-refractivity contribution in [2.45, 2.75) is 39.8 Å². The number of aromatic nitrogens is 5. The smallest absolute Gasteiger partial charge is 0.152 e. The number of benzene rings is 1. The van der Waals surface area contributed by atoms with E-state index >= 15 is 0 Å². The summed E-state index contributed by atoms with van der Waals surface area (Å²) in [6.07, 6.45) is 4.43. The summed E-state index contributed by atoms with van der Waals surface area (Å²) in [7, 11) is 0. The molecule has 1 aromatic carbocycles. The van der Waals surface area contributed by atoms with E-state index in [2.05, 4.69) is 51.5 Å². The van der Waals surface area contributed by atoms with Gasteiger partial charge in [0.1, 0.15) is 5.69 Å². The summed E-state index contributed by atoms with van der Waals surface area (Å²) < 4.78 is 1.86. The second-order valence-corrected chi connectivity index (χ2v) is 7.48. The zero-order chi connectivity index (χ0) is 21.8. The summed E-state index contributed by atoms with van der Waals surface area (Å²) in [5.74, 6) is 0.774. The fraction of sp³-hybridized carbons (Fsp3) is 0.250. The van der Waals surface area contributed by atoms with Gasteiger partial charge in [-0.15, -0.1) is 10.2 Å². The third-order valence-electron chi connectivity index (χ3n) is 5.26. The van der Waals surface area contributed by atoms with Crippen molar-refractivity contribution in [1.82, 2.24) is 24.7 Å². The number of rotatable bonds is 7. The summed E-state index contributed by atoms with van der Waals surface area (Å²) in [4.78, 5) is 8.89. The van der Waals surface area contributed by atoms with E-state index in [-0.39, 0.29) is 12.6 Å². The van der Waals surface area contributed by atoms with Gasteiger partial charge in [-0.2, -0.15) is 0 Å². The summed E-state index contributed by atoms with van der Waals surface area (Å²) in [5, 5.41) is 22.2. The van der Waals surface area contributed by atoms with Gasteiger partial charge in [-0.25, -0.2) is 9.97 Å². The Balaban J connectivity index is 1.63. The Morgan fingerprint density at radius 3 is 2.55 bits per heavy atom. The summed E-state index contributed by atoms with van der Waals surface area (Å²) in [6.45, 7) is 5.95. The van der Waals surface area contributed by atoms with Gasteiger partial charge in [-0.3, -0.25) is 0 Å². The van der Waals surface area contributed by atoms with E-state index in [1.165, 1.54) is 5.56 Å². The number of nitrogens with zero attached hydrogens (tertiary/aromatic N) is 5. The normalized spacial score (nSPS) is 12.0. The molecule has 7 heteroatoms. The molecule has 0 amide bonds. The molecule has 0 unspecified atom stereocenters. The molecule has 7 nitrogen and oxygen atoms in total. The molecular formula is C24H26N6O. The number of pyridine rings is 1. The Labute approximate surface area is 181 Å². The quantitative estimate of drug-likeness (QED) is 0.470. The molecule has 4 aromatic rings. The number of hydrogen-bond acceptors (Lipinski definition) is 6. The molecule has 0 fully saturated rings. The number of hydrogen-bond donors (Lipinski definition) is 2. The molecule has 2 N–H and O–H groups in total. The molecule has 0 spiro atoms. The highest BCUT2D eigenvalue weighted by molar-refractivity contribution is 5.60. The Morgan fingerprint density at radius 2 is 1.87 bits per heavy atom. The minimum Gasteiger partial charge on any atom is -0.390 e. The van der Waals surface area contributed by atoms with Gasteiger partial charge in [0, 0.05) is 6.20 Å². The zero-order valence-corrected chi connectivity index (χ0v) is 17.9. The molecular weight excluding hydrogens is 388 g/mol. The average Bonchev–Trinajstić information content (AvgIpc) is 3.25. The fourth-order valence-electron chi connectivity index (χ4n) is 3.52. The lowest BCUT2D eigenvalue weighted by atomic mass is 10.1. The van der Waals surface area contributed by atoms with E-state index < -0.39 is 0 Å². The monoisotopic (exact) mass is 414 g/mol. The van der Waals surface area contributed by atoms with Gasteiger partial charge in [0.05, 0.1) is 41.7 Å². The highest BCUT2D eigenvalue weighted by Gasteiger charge is 2.14. The second-order valence-electron chi connectivity index (χ2n) is 7.48. The van der Waals surface area contributed by atoms with Crippen LogP contribution in [0.2, 0.25) is 0 Å². The van der Waals surface area contributed by atoms with Gasteiger partial charge >= 0.3 is 0 Å². The summed E-state index contributed by atoms with van der Waals surface area (Å²) in [5.41, 5.74) is 5.87. The van der Waals surface area contributed by atoms with Crippen LogP contribution in [-0.2, 0) is 13.0 Å². The highest BCUT2D eigenvalue weighted by atomic mass is 16.3. The van der Waals surface area contributed by atoms with Gasteiger partial charge in [0.2, 0.25) is 0 Å². The van der Waals surface area contributed by atoms with Crippen LogP contribution in [0.25, 0.3) is 17.1 Å². The minimum atomic E-state index is -0.178. The molecule has 0 saturated heterocycles. The van der Waals surface area contributed by atoms with Crippen LogP contribution in [0.5, 0.6) is 0 Å². The van der Waals surface area contributed by atoms with Gasteiger partial charge < -0.3 is 15.0 Å². The molecule has 158 valence electrons. The summed E-state index contributed by atoms with van der Waals surface area (Å²) >= 11 is 0. The maximum Gasteiger partial charge on any atom is 0.152 e. The molecule has 0 bridgehead atoms. The molecule has 3 heterocycles. The van der Waals surface area contributed by atoms with Gasteiger partial charge in [0.25, 0.3) is 0 Å². The van der Waals surface area contributed by atoms with Crippen LogP contribution in [0, 0.1) is 6.92 Å². The molecule has 0 aliphatic carbocycles. The van der Waals surface area contributed by atoms with Crippen LogP contribution in [0.1, 0.15) is 42.4 Å². The summed E-state index contributed by atoms with van der Waals surface area (Å²) in [6, 6.07) is 16.2. The maximum absolute atomic E-state index is 9.87. The number of imidazole rings is 1. The predicted molar refractivity (Wildman–Crippen MR) is 121 cm³/mol. The van der Waals surface area contributed by atoms with Gasteiger partial charge in [-0.05, 0) is 49.6 Å². The van der Waals surface area contributed by atoms with Crippen molar-refractivity contribution in [3.8, 4) is 17.1 Å². The van der Waals surface area contributed by atoms with E-state index in [0.29, 0.717) is 17.1 Å². The predicted octanol–water partition coefficient (Wildman–Crippen LogP) is 4.26. The Bertz CT molecular complexity index is 1170. The van der Waals surface area contributed by atoms with Crippen LogP contribution in [0.3, 0.4) is 0 Å². The van der Waals surface area contributed by atoms with E-state index in [0.717, 1.165) is 29.2 Å². The number of anilines is 1. The van der Waals surface area contributed by atoms with Crippen molar-refractivity contribution in [3.63, 3.8) is 0 Å². The number of aliphatic hydroxyl groups excluding tert-OH is 1. The minimum absolute atomic E-state index is 0.115. The first-order valence-corrected chi connectivity index (χ1v) is 10.4. The first kappa shape index (κ1) is 20.7. The molecule has 3 aromatic heterocycles. The SMILES string of the molecule is CCc1cc(-c2ccc(-n3cnc(C)c3)c(CO)n2)nnc1N[C@H](C)c1ccccc1. The molecule has 31 heavy (non-hydrogen) atoms. The van der Waals surface area contributed by atoms with Crippen molar-refractivity contribution < 1.29 is 5.11 Å². The van der Waals surface area contributed by atoms with Crippen molar-refractivity contribution in [3.05, 3.63) is 83.6 Å². The first-order chi connectivity index (χ1) is 15.1. The molecule has 0 aliphatic rings. The van der Waals surface area contributed by atoms with Gasteiger partial charge in [-0.1, -0.05) is 37.3 Å².